The number of ether oxygens (including phenoxy) is 1. The molecule has 0 aliphatic heterocycles. The lowest BCUT2D eigenvalue weighted by atomic mass is 10.0. The van der Waals surface area contributed by atoms with Gasteiger partial charge in [0.1, 0.15) is 10.8 Å². The van der Waals surface area contributed by atoms with Crippen LogP contribution in [0.25, 0.3) is 11.3 Å². The van der Waals surface area contributed by atoms with Gasteiger partial charge in [-0.25, -0.2) is 4.98 Å². The van der Waals surface area contributed by atoms with Crippen LogP contribution in [0.2, 0.25) is 0 Å². The molecule has 0 spiro atoms. The maximum absolute atomic E-state index is 5.45. The molecule has 0 bridgehead atoms. The highest BCUT2D eigenvalue weighted by Gasteiger charge is 2.13. The molecule has 2 rings (SSSR count). The molecule has 2 aromatic rings. The van der Waals surface area contributed by atoms with Crippen molar-refractivity contribution in [2.24, 2.45) is 5.84 Å². The second kappa shape index (κ2) is 5.48. The van der Waals surface area contributed by atoms with Gasteiger partial charge in [-0.15, -0.1) is 11.3 Å². The minimum atomic E-state index is 0.581. The van der Waals surface area contributed by atoms with Crippen LogP contribution in [0, 0.1) is 13.8 Å². The highest BCUT2D eigenvalue weighted by atomic mass is 32.1. The van der Waals surface area contributed by atoms with E-state index in [4.69, 9.17) is 10.6 Å². The van der Waals surface area contributed by atoms with E-state index in [2.05, 4.69) is 30.3 Å². The van der Waals surface area contributed by atoms with Crippen LogP contribution in [0.5, 0.6) is 5.75 Å². The largest absolute Gasteiger partial charge is 0.496 e. The Morgan fingerprint density at radius 3 is 2.83 bits per heavy atom. The first kappa shape index (κ1) is 13.0. The number of methoxy groups -OCH3 is 1. The summed E-state index contributed by atoms with van der Waals surface area (Å²) in [5, 5.41) is 3.00. The van der Waals surface area contributed by atoms with E-state index < -0.39 is 0 Å². The van der Waals surface area contributed by atoms with Crippen LogP contribution in [0.1, 0.15) is 16.1 Å². The molecule has 0 radical (unpaired) electrons. The number of thiazole rings is 1. The third-order valence-electron chi connectivity index (χ3n) is 2.72. The van der Waals surface area contributed by atoms with Gasteiger partial charge in [0.2, 0.25) is 0 Å². The van der Waals surface area contributed by atoms with Crippen molar-refractivity contribution in [1.29, 1.82) is 0 Å². The van der Waals surface area contributed by atoms with Gasteiger partial charge in [0, 0.05) is 10.9 Å². The first-order valence-corrected chi connectivity index (χ1v) is 6.57. The number of hydrogen-bond acceptors (Lipinski definition) is 5. The van der Waals surface area contributed by atoms with Gasteiger partial charge in [0.15, 0.2) is 0 Å². The predicted molar refractivity (Wildman–Crippen MR) is 74.6 cm³/mol. The maximum Gasteiger partial charge on any atom is 0.128 e. The quantitative estimate of drug-likeness (QED) is 0.657. The van der Waals surface area contributed by atoms with Gasteiger partial charge in [-0.3, -0.25) is 11.3 Å². The number of benzene rings is 1. The van der Waals surface area contributed by atoms with Gasteiger partial charge in [-0.1, -0.05) is 6.07 Å². The Morgan fingerprint density at radius 1 is 1.39 bits per heavy atom. The second-order valence-electron chi connectivity index (χ2n) is 4.17. The highest BCUT2D eigenvalue weighted by molar-refractivity contribution is 7.09. The number of aryl methyl sites for hydroxylation is 2. The van der Waals surface area contributed by atoms with Crippen LogP contribution in [0.4, 0.5) is 0 Å². The summed E-state index contributed by atoms with van der Waals surface area (Å²) in [5.74, 6) is 6.17. The fourth-order valence-electron chi connectivity index (χ4n) is 2.01. The summed E-state index contributed by atoms with van der Waals surface area (Å²) in [6.07, 6.45) is 0. The summed E-state index contributed by atoms with van der Waals surface area (Å²) in [6.45, 7) is 4.72. The number of hydrazine groups is 1. The molecule has 0 amide bonds. The van der Waals surface area contributed by atoms with Gasteiger partial charge < -0.3 is 4.74 Å². The molecule has 1 heterocycles. The lowest BCUT2D eigenvalue weighted by molar-refractivity contribution is 0.415. The van der Waals surface area contributed by atoms with Crippen molar-refractivity contribution in [3.63, 3.8) is 0 Å². The Kier molecular flexibility index (Phi) is 3.96. The van der Waals surface area contributed by atoms with Crippen molar-refractivity contribution in [3.8, 4) is 17.0 Å². The monoisotopic (exact) mass is 263 g/mol. The second-order valence-corrected chi connectivity index (χ2v) is 5.11. The van der Waals surface area contributed by atoms with Crippen molar-refractivity contribution < 1.29 is 4.74 Å². The number of nitrogens with zero attached hydrogens (tertiary/aromatic N) is 1. The zero-order valence-corrected chi connectivity index (χ0v) is 11.6. The highest BCUT2D eigenvalue weighted by Crippen LogP contribution is 2.34. The molecule has 1 aromatic carbocycles. The van der Waals surface area contributed by atoms with Crippen LogP contribution in [0.15, 0.2) is 17.5 Å². The number of rotatable bonds is 4. The number of nitrogens with one attached hydrogen (secondary N) is 1. The van der Waals surface area contributed by atoms with Gasteiger partial charge in [-0.2, -0.15) is 0 Å². The van der Waals surface area contributed by atoms with Crippen molar-refractivity contribution in [1.82, 2.24) is 10.4 Å². The van der Waals surface area contributed by atoms with Crippen LogP contribution < -0.4 is 16.0 Å². The molecular formula is C13H17N3OS. The molecule has 3 N–H and O–H groups in total. The van der Waals surface area contributed by atoms with Crippen molar-refractivity contribution >= 4 is 11.3 Å². The van der Waals surface area contributed by atoms with Gasteiger partial charge in [0.05, 0.1) is 19.3 Å². The SMILES string of the molecule is COc1cc(C)cc(C)c1-c1csc(CNN)n1. The first-order valence-electron chi connectivity index (χ1n) is 5.69. The number of hydrogen-bond donors (Lipinski definition) is 2. The lowest BCUT2D eigenvalue weighted by Gasteiger charge is -2.11. The predicted octanol–water partition coefficient (Wildman–Crippen LogP) is 2.40. The molecule has 0 aliphatic rings. The van der Waals surface area contributed by atoms with E-state index in [-0.39, 0.29) is 0 Å². The Hall–Kier alpha value is -1.43. The van der Waals surface area contributed by atoms with Crippen LogP contribution in [-0.4, -0.2) is 12.1 Å². The third kappa shape index (κ3) is 2.53. The third-order valence-corrected chi connectivity index (χ3v) is 3.57. The number of aromatic nitrogens is 1. The minimum absolute atomic E-state index is 0.581. The summed E-state index contributed by atoms with van der Waals surface area (Å²) in [6, 6.07) is 4.17. The summed E-state index contributed by atoms with van der Waals surface area (Å²) >= 11 is 1.59. The molecular weight excluding hydrogens is 246 g/mol. The van der Waals surface area contributed by atoms with Crippen molar-refractivity contribution in [2.75, 3.05) is 7.11 Å². The van der Waals surface area contributed by atoms with E-state index in [0.717, 1.165) is 22.0 Å². The molecule has 0 atom stereocenters. The fourth-order valence-corrected chi connectivity index (χ4v) is 2.75. The Bertz CT molecular complexity index is 551. The Morgan fingerprint density at radius 2 is 2.17 bits per heavy atom. The van der Waals surface area contributed by atoms with Crippen molar-refractivity contribution in [3.05, 3.63) is 33.6 Å². The average molecular weight is 263 g/mol. The van der Waals surface area contributed by atoms with Crippen LogP contribution in [0.3, 0.4) is 0 Å². The molecule has 4 nitrogen and oxygen atoms in total. The zero-order chi connectivity index (χ0) is 13.1. The normalized spacial score (nSPS) is 10.7. The van der Waals surface area contributed by atoms with Crippen LogP contribution >= 0.6 is 11.3 Å². The van der Waals surface area contributed by atoms with Crippen LogP contribution in [-0.2, 0) is 6.54 Å². The van der Waals surface area contributed by atoms with Gasteiger partial charge >= 0.3 is 0 Å². The Balaban J connectivity index is 2.48. The molecule has 0 fully saturated rings. The van der Waals surface area contributed by atoms with Gasteiger partial charge in [0.25, 0.3) is 0 Å². The fraction of sp³-hybridized carbons (Fsp3) is 0.308. The molecule has 0 saturated heterocycles. The molecule has 5 heteroatoms. The molecule has 96 valence electrons. The van der Waals surface area contributed by atoms with E-state index >= 15 is 0 Å². The topological polar surface area (TPSA) is 60.2 Å². The zero-order valence-electron chi connectivity index (χ0n) is 10.8. The molecule has 0 aliphatic carbocycles. The molecule has 0 saturated carbocycles. The standard InChI is InChI=1S/C13H17N3OS/c1-8-4-9(2)13(11(5-8)17-3)10-7-18-12(16-10)6-15-14/h4-5,7,15H,6,14H2,1-3H3. The van der Waals surface area contributed by atoms with Crippen molar-refractivity contribution in [2.45, 2.75) is 20.4 Å². The number of nitrogens with two attached hydrogens (primary N) is 1. The summed E-state index contributed by atoms with van der Waals surface area (Å²) in [7, 11) is 1.69. The lowest BCUT2D eigenvalue weighted by Crippen LogP contribution is -2.20. The summed E-state index contributed by atoms with van der Waals surface area (Å²) in [5.41, 5.74) is 6.98. The van der Waals surface area contributed by atoms with E-state index in [1.807, 2.05) is 11.4 Å². The maximum atomic E-state index is 5.45. The van der Waals surface area contributed by atoms with E-state index in [0.29, 0.717) is 6.54 Å². The first-order chi connectivity index (χ1) is 8.65. The summed E-state index contributed by atoms with van der Waals surface area (Å²) in [4.78, 5) is 4.57. The average Bonchev–Trinajstić information content (AvgIpc) is 2.76. The van der Waals surface area contributed by atoms with E-state index in [1.165, 1.54) is 11.1 Å². The van der Waals surface area contributed by atoms with Gasteiger partial charge in [-0.05, 0) is 31.0 Å². The molecule has 1 aromatic heterocycles. The molecule has 18 heavy (non-hydrogen) atoms. The smallest absolute Gasteiger partial charge is 0.128 e. The molecule has 0 unspecified atom stereocenters. The van der Waals surface area contributed by atoms with E-state index in [9.17, 15) is 0 Å². The van der Waals surface area contributed by atoms with E-state index in [1.54, 1.807) is 18.4 Å². The summed E-state index contributed by atoms with van der Waals surface area (Å²) < 4.78 is 5.45. The Labute approximate surface area is 111 Å². The minimum Gasteiger partial charge on any atom is -0.496 e.